The number of benzene rings is 1. The first-order chi connectivity index (χ1) is 14.9. The van der Waals surface area contributed by atoms with E-state index in [0.29, 0.717) is 19.8 Å². The summed E-state index contributed by atoms with van der Waals surface area (Å²) in [6.07, 6.45) is 1.55. The second-order valence-electron chi connectivity index (χ2n) is 7.47. The minimum Gasteiger partial charge on any atom is -0.378 e. The Morgan fingerprint density at radius 3 is 2.74 bits per heavy atom. The maximum absolute atomic E-state index is 12.9. The number of amides is 1. The van der Waals surface area contributed by atoms with Gasteiger partial charge in [0.25, 0.3) is 0 Å². The van der Waals surface area contributed by atoms with E-state index in [-0.39, 0.29) is 16.6 Å². The highest BCUT2D eigenvalue weighted by atomic mass is 32.2. The quantitative estimate of drug-likeness (QED) is 0.573. The van der Waals surface area contributed by atoms with Crippen LogP contribution in [0.1, 0.15) is 12.0 Å². The van der Waals surface area contributed by atoms with Crippen molar-refractivity contribution in [2.75, 3.05) is 62.5 Å². The van der Waals surface area contributed by atoms with Crippen molar-refractivity contribution in [2.45, 2.75) is 22.1 Å². The summed E-state index contributed by atoms with van der Waals surface area (Å²) in [4.78, 5) is 17.1. The molecule has 2 aromatic rings. The van der Waals surface area contributed by atoms with Crippen molar-refractivity contribution in [3.8, 4) is 0 Å². The number of carbonyl (C=O) groups excluding carboxylic acids is 1. The Kier molecular flexibility index (Phi) is 6.82. The topological polar surface area (TPSA) is 95.9 Å². The van der Waals surface area contributed by atoms with E-state index >= 15 is 0 Å². The van der Waals surface area contributed by atoms with Crippen molar-refractivity contribution in [1.29, 1.82) is 0 Å². The van der Waals surface area contributed by atoms with Crippen LogP contribution in [0.5, 0.6) is 0 Å². The monoisotopic (exact) mass is 483 g/mol. The molecule has 0 aliphatic carbocycles. The zero-order valence-electron chi connectivity index (χ0n) is 17.5. The lowest BCUT2D eigenvalue weighted by Crippen LogP contribution is -2.36. The van der Waals surface area contributed by atoms with E-state index in [1.165, 1.54) is 41.5 Å². The average molecular weight is 484 g/mol. The standard InChI is InChI=1S/C19H25N5O4S3/c1-22(2)31(26,27)15-5-6-16-14(12-15)4-3-7-24(16)17(25)13-29-19-21-20-18(30-19)23-8-10-28-11-9-23/h5-6,12H,3-4,7-11,13H2,1-2H3. The molecule has 9 nitrogen and oxygen atoms in total. The summed E-state index contributed by atoms with van der Waals surface area (Å²) in [5, 5.41) is 9.32. The van der Waals surface area contributed by atoms with Gasteiger partial charge in [0.2, 0.25) is 21.1 Å². The summed E-state index contributed by atoms with van der Waals surface area (Å²) in [7, 11) is -0.474. The molecule has 31 heavy (non-hydrogen) atoms. The highest BCUT2D eigenvalue weighted by molar-refractivity contribution is 8.01. The molecule has 1 aromatic carbocycles. The van der Waals surface area contributed by atoms with Crippen molar-refractivity contribution in [2.24, 2.45) is 0 Å². The molecule has 1 saturated heterocycles. The number of hydrogen-bond acceptors (Lipinski definition) is 9. The Hall–Kier alpha value is -1.73. The predicted molar refractivity (Wildman–Crippen MR) is 122 cm³/mol. The number of ether oxygens (including phenoxy) is 1. The van der Waals surface area contributed by atoms with Crippen LogP contribution in [0.4, 0.5) is 10.8 Å². The van der Waals surface area contributed by atoms with Crippen LogP contribution in [0.2, 0.25) is 0 Å². The maximum atomic E-state index is 12.9. The summed E-state index contributed by atoms with van der Waals surface area (Å²) in [5.41, 5.74) is 1.68. The summed E-state index contributed by atoms with van der Waals surface area (Å²) in [5.74, 6) is 0.242. The zero-order chi connectivity index (χ0) is 22.0. The third-order valence-corrected chi connectivity index (χ3v) is 9.16. The molecule has 0 bridgehead atoms. The van der Waals surface area contributed by atoms with Crippen molar-refractivity contribution in [3.63, 3.8) is 0 Å². The molecule has 0 unspecified atom stereocenters. The molecule has 0 spiro atoms. The molecule has 1 aromatic heterocycles. The minimum atomic E-state index is -3.50. The van der Waals surface area contributed by atoms with Crippen molar-refractivity contribution in [3.05, 3.63) is 23.8 Å². The Balaban J connectivity index is 1.43. The molecule has 12 heteroatoms. The second-order valence-corrected chi connectivity index (χ2v) is 11.8. The lowest BCUT2D eigenvalue weighted by atomic mass is 10.0. The van der Waals surface area contributed by atoms with Crippen LogP contribution in [0.25, 0.3) is 0 Å². The fourth-order valence-corrected chi connectivity index (χ4v) is 6.27. The van der Waals surface area contributed by atoms with Gasteiger partial charge in [-0.3, -0.25) is 4.79 Å². The second kappa shape index (κ2) is 9.41. The average Bonchev–Trinajstić information content (AvgIpc) is 3.26. The number of hydrogen-bond donors (Lipinski definition) is 0. The molecule has 2 aliphatic rings. The van der Waals surface area contributed by atoms with Crippen LogP contribution < -0.4 is 9.80 Å². The largest absolute Gasteiger partial charge is 0.378 e. The highest BCUT2D eigenvalue weighted by Gasteiger charge is 2.26. The van der Waals surface area contributed by atoms with Crippen molar-refractivity contribution < 1.29 is 17.9 Å². The normalized spacial score (nSPS) is 17.1. The van der Waals surface area contributed by atoms with E-state index in [4.69, 9.17) is 4.74 Å². The number of aryl methyl sites for hydroxylation is 1. The van der Waals surface area contributed by atoms with Gasteiger partial charge in [-0.25, -0.2) is 12.7 Å². The first-order valence-electron chi connectivity index (χ1n) is 10.0. The number of rotatable bonds is 6. The fraction of sp³-hybridized carbons (Fsp3) is 0.526. The third-order valence-electron chi connectivity index (χ3n) is 5.25. The van der Waals surface area contributed by atoms with Crippen molar-refractivity contribution in [1.82, 2.24) is 14.5 Å². The smallest absolute Gasteiger partial charge is 0.242 e. The van der Waals surface area contributed by atoms with Gasteiger partial charge in [0.15, 0.2) is 4.34 Å². The molecule has 4 rings (SSSR count). The molecule has 168 valence electrons. The maximum Gasteiger partial charge on any atom is 0.242 e. The molecule has 0 N–H and O–H groups in total. The first kappa shape index (κ1) is 22.5. The zero-order valence-corrected chi connectivity index (χ0v) is 19.9. The number of aromatic nitrogens is 2. The van der Waals surface area contributed by atoms with Gasteiger partial charge < -0.3 is 14.5 Å². The molecule has 0 saturated carbocycles. The Labute approximate surface area is 190 Å². The van der Waals surface area contributed by atoms with Crippen LogP contribution in [-0.4, -0.2) is 81.5 Å². The summed E-state index contributed by atoms with van der Waals surface area (Å²) in [6, 6.07) is 5.01. The molecule has 0 radical (unpaired) electrons. The van der Waals surface area contributed by atoms with E-state index in [0.717, 1.165) is 46.7 Å². The highest BCUT2D eigenvalue weighted by Crippen LogP contribution is 2.32. The Morgan fingerprint density at radius 1 is 1.23 bits per heavy atom. The molecule has 1 fully saturated rings. The number of morpholine rings is 1. The van der Waals surface area contributed by atoms with Crippen molar-refractivity contribution >= 4 is 49.8 Å². The summed E-state index contributed by atoms with van der Waals surface area (Å²) < 4.78 is 32.2. The summed E-state index contributed by atoms with van der Waals surface area (Å²) in [6.45, 7) is 3.60. The SMILES string of the molecule is CN(C)S(=O)(=O)c1ccc2c(c1)CCCN2C(=O)CSc1nnc(N2CCOCC2)s1. The van der Waals surface area contributed by atoms with E-state index in [1.807, 2.05) is 0 Å². The number of fused-ring (bicyclic) bond motifs is 1. The third kappa shape index (κ3) is 4.87. The number of thioether (sulfide) groups is 1. The van der Waals surface area contributed by atoms with E-state index in [2.05, 4.69) is 15.1 Å². The number of nitrogens with zero attached hydrogens (tertiary/aromatic N) is 5. The fourth-order valence-electron chi connectivity index (χ4n) is 3.55. The van der Waals surface area contributed by atoms with Gasteiger partial charge >= 0.3 is 0 Å². The number of carbonyl (C=O) groups is 1. The van der Waals surface area contributed by atoms with Gasteiger partial charge in [0, 0.05) is 39.4 Å². The molecular formula is C19H25N5O4S3. The lowest BCUT2D eigenvalue weighted by molar-refractivity contribution is -0.116. The van der Waals surface area contributed by atoms with Crippen LogP contribution in [0.3, 0.4) is 0 Å². The van der Waals surface area contributed by atoms with Crippen LogP contribution in [0.15, 0.2) is 27.4 Å². The van der Waals surface area contributed by atoms with Crippen LogP contribution in [-0.2, 0) is 26.0 Å². The lowest BCUT2D eigenvalue weighted by Gasteiger charge is -2.30. The Morgan fingerprint density at radius 2 is 2.00 bits per heavy atom. The molecular weight excluding hydrogens is 458 g/mol. The van der Waals surface area contributed by atoms with Gasteiger partial charge in [0.05, 0.1) is 23.9 Å². The van der Waals surface area contributed by atoms with Gasteiger partial charge in [0.1, 0.15) is 0 Å². The van der Waals surface area contributed by atoms with Gasteiger partial charge in [-0.15, -0.1) is 10.2 Å². The molecule has 2 aliphatic heterocycles. The van der Waals surface area contributed by atoms with Crippen LogP contribution >= 0.6 is 23.1 Å². The predicted octanol–water partition coefficient (Wildman–Crippen LogP) is 1.70. The summed E-state index contributed by atoms with van der Waals surface area (Å²) >= 11 is 2.88. The van der Waals surface area contributed by atoms with Gasteiger partial charge in [-0.1, -0.05) is 23.1 Å². The van der Waals surface area contributed by atoms with E-state index in [9.17, 15) is 13.2 Å². The van der Waals surface area contributed by atoms with Crippen LogP contribution in [0, 0.1) is 0 Å². The van der Waals surface area contributed by atoms with E-state index in [1.54, 1.807) is 23.1 Å². The van der Waals surface area contributed by atoms with Gasteiger partial charge in [-0.2, -0.15) is 0 Å². The molecule has 1 amide bonds. The molecule has 0 atom stereocenters. The molecule has 3 heterocycles. The number of sulfonamides is 1. The Bertz CT molecular complexity index is 1050. The van der Waals surface area contributed by atoms with Gasteiger partial charge in [-0.05, 0) is 36.6 Å². The minimum absolute atomic E-state index is 0.0164. The first-order valence-corrected chi connectivity index (χ1v) is 13.3. The number of anilines is 2. The van der Waals surface area contributed by atoms with E-state index < -0.39 is 10.0 Å².